The van der Waals surface area contributed by atoms with Crippen LogP contribution >= 0.6 is 0 Å². The molecule has 2 fully saturated rings. The number of ether oxygens (including phenoxy) is 1. The third-order valence-corrected chi connectivity index (χ3v) is 5.41. The predicted molar refractivity (Wildman–Crippen MR) is 91.9 cm³/mol. The number of aromatic nitrogens is 2. The maximum absolute atomic E-state index is 13.1. The fourth-order valence-electron chi connectivity index (χ4n) is 4.06. The van der Waals surface area contributed by atoms with Gasteiger partial charge < -0.3 is 9.84 Å². The van der Waals surface area contributed by atoms with Gasteiger partial charge in [0.15, 0.2) is 0 Å². The number of rotatable bonds is 4. The molecule has 6 heteroatoms. The van der Waals surface area contributed by atoms with Gasteiger partial charge in [0.05, 0.1) is 30.7 Å². The molecule has 134 valence electrons. The summed E-state index contributed by atoms with van der Waals surface area (Å²) in [5, 5.41) is 14.9. The van der Waals surface area contributed by atoms with Crippen LogP contribution in [0.3, 0.4) is 0 Å². The van der Waals surface area contributed by atoms with Crippen molar-refractivity contribution in [2.45, 2.75) is 38.0 Å². The first kappa shape index (κ1) is 16.7. The fraction of sp³-hybridized carbons (Fsp3) is 0.526. The van der Waals surface area contributed by atoms with Gasteiger partial charge in [0.25, 0.3) is 0 Å². The van der Waals surface area contributed by atoms with E-state index in [1.807, 2.05) is 12.3 Å². The van der Waals surface area contributed by atoms with Crippen LogP contribution in [0.4, 0.5) is 4.39 Å². The second-order valence-corrected chi connectivity index (χ2v) is 7.00. The van der Waals surface area contributed by atoms with E-state index in [0.29, 0.717) is 12.5 Å². The lowest BCUT2D eigenvalue weighted by Crippen LogP contribution is -2.50. The summed E-state index contributed by atoms with van der Waals surface area (Å²) in [5.74, 6) is 0.0434. The van der Waals surface area contributed by atoms with Crippen molar-refractivity contribution in [1.29, 1.82) is 0 Å². The van der Waals surface area contributed by atoms with Crippen molar-refractivity contribution in [3.63, 3.8) is 0 Å². The number of halogens is 1. The Balaban J connectivity index is 1.47. The molecule has 2 aliphatic rings. The molecule has 1 aromatic heterocycles. The number of nitrogens with zero attached hydrogens (tertiary/aromatic N) is 3. The molecule has 3 atom stereocenters. The predicted octanol–water partition coefficient (Wildman–Crippen LogP) is 2.37. The highest BCUT2D eigenvalue weighted by atomic mass is 19.1. The zero-order valence-corrected chi connectivity index (χ0v) is 14.2. The molecule has 0 radical (unpaired) electrons. The Kier molecular flexibility index (Phi) is 4.83. The number of hydrogen-bond acceptors (Lipinski definition) is 4. The normalized spacial score (nSPS) is 27.7. The Morgan fingerprint density at radius 3 is 2.80 bits per heavy atom. The minimum atomic E-state index is -0.248. The van der Waals surface area contributed by atoms with E-state index in [2.05, 4.69) is 10.00 Å². The molecule has 5 nitrogen and oxygen atoms in total. The van der Waals surface area contributed by atoms with Crippen LogP contribution in [-0.4, -0.2) is 51.7 Å². The Bertz CT molecular complexity index is 703. The minimum absolute atomic E-state index is 0.217. The zero-order chi connectivity index (χ0) is 17.2. The summed E-state index contributed by atoms with van der Waals surface area (Å²) in [7, 11) is 0. The maximum atomic E-state index is 13.1. The summed E-state index contributed by atoms with van der Waals surface area (Å²) >= 11 is 0. The molecular formula is C19H24FN3O2. The lowest BCUT2D eigenvalue weighted by atomic mass is 9.94. The average Bonchev–Trinajstić information content (AvgIpc) is 3.25. The van der Waals surface area contributed by atoms with Gasteiger partial charge in [-0.05, 0) is 43.2 Å². The molecule has 1 aliphatic heterocycles. The van der Waals surface area contributed by atoms with Crippen molar-refractivity contribution >= 4 is 0 Å². The van der Waals surface area contributed by atoms with Gasteiger partial charge in [0.1, 0.15) is 5.82 Å². The average molecular weight is 345 g/mol. The molecule has 1 saturated heterocycles. The van der Waals surface area contributed by atoms with Crippen LogP contribution in [0.2, 0.25) is 0 Å². The summed E-state index contributed by atoms with van der Waals surface area (Å²) in [5.41, 5.74) is 1.82. The second-order valence-electron chi connectivity index (χ2n) is 7.00. The molecule has 4 rings (SSSR count). The maximum Gasteiger partial charge on any atom is 0.123 e. The van der Waals surface area contributed by atoms with Crippen LogP contribution in [0.5, 0.6) is 0 Å². The molecule has 0 bridgehead atoms. The highest BCUT2D eigenvalue weighted by Gasteiger charge is 2.37. The van der Waals surface area contributed by atoms with Gasteiger partial charge in [0.2, 0.25) is 0 Å². The molecule has 1 saturated carbocycles. The van der Waals surface area contributed by atoms with Crippen LogP contribution in [0.25, 0.3) is 5.69 Å². The first-order valence-corrected chi connectivity index (χ1v) is 9.01. The Hall–Kier alpha value is -1.76. The largest absolute Gasteiger partial charge is 0.393 e. The van der Waals surface area contributed by atoms with Crippen molar-refractivity contribution in [2.24, 2.45) is 5.92 Å². The van der Waals surface area contributed by atoms with Gasteiger partial charge in [-0.3, -0.25) is 4.90 Å². The lowest BCUT2D eigenvalue weighted by molar-refractivity contribution is -0.0541. The molecule has 2 heterocycles. The van der Waals surface area contributed by atoms with Crippen LogP contribution in [0.1, 0.15) is 25.0 Å². The monoisotopic (exact) mass is 345 g/mol. The Labute approximate surface area is 147 Å². The van der Waals surface area contributed by atoms with Crippen LogP contribution < -0.4 is 0 Å². The molecule has 0 unspecified atom stereocenters. The van der Waals surface area contributed by atoms with E-state index in [1.165, 1.54) is 12.1 Å². The molecule has 25 heavy (non-hydrogen) atoms. The quantitative estimate of drug-likeness (QED) is 0.924. The Morgan fingerprint density at radius 2 is 2.04 bits per heavy atom. The van der Waals surface area contributed by atoms with Crippen molar-refractivity contribution in [3.05, 3.63) is 48.0 Å². The van der Waals surface area contributed by atoms with E-state index in [9.17, 15) is 9.50 Å². The summed E-state index contributed by atoms with van der Waals surface area (Å²) in [6.07, 6.45) is 4.74. The lowest BCUT2D eigenvalue weighted by Gasteiger charge is -2.39. The summed E-state index contributed by atoms with van der Waals surface area (Å²) in [6.45, 7) is 3.00. The fourth-order valence-corrected chi connectivity index (χ4v) is 4.06. The van der Waals surface area contributed by atoms with Crippen molar-refractivity contribution < 1.29 is 14.2 Å². The van der Waals surface area contributed by atoms with Crippen LogP contribution in [0, 0.1) is 11.7 Å². The number of benzene rings is 1. The number of hydrogen-bond donors (Lipinski definition) is 1. The van der Waals surface area contributed by atoms with E-state index < -0.39 is 0 Å². The molecule has 2 aromatic rings. The summed E-state index contributed by atoms with van der Waals surface area (Å²) in [6, 6.07) is 8.58. The number of aliphatic hydroxyl groups excluding tert-OH is 1. The molecule has 0 spiro atoms. The van der Waals surface area contributed by atoms with Gasteiger partial charge >= 0.3 is 0 Å². The minimum Gasteiger partial charge on any atom is -0.393 e. The van der Waals surface area contributed by atoms with Crippen molar-refractivity contribution in [2.75, 3.05) is 19.8 Å². The Morgan fingerprint density at radius 1 is 1.20 bits per heavy atom. The van der Waals surface area contributed by atoms with Crippen molar-refractivity contribution in [1.82, 2.24) is 14.7 Å². The van der Waals surface area contributed by atoms with E-state index >= 15 is 0 Å². The van der Waals surface area contributed by atoms with Crippen LogP contribution in [0.15, 0.2) is 36.5 Å². The van der Waals surface area contributed by atoms with E-state index in [-0.39, 0.29) is 18.0 Å². The first-order chi connectivity index (χ1) is 12.2. The van der Waals surface area contributed by atoms with Gasteiger partial charge in [-0.2, -0.15) is 5.10 Å². The third-order valence-electron chi connectivity index (χ3n) is 5.41. The highest BCUT2D eigenvalue weighted by molar-refractivity contribution is 5.31. The zero-order valence-electron chi connectivity index (χ0n) is 14.2. The van der Waals surface area contributed by atoms with E-state index in [1.54, 1.807) is 16.8 Å². The van der Waals surface area contributed by atoms with Crippen molar-refractivity contribution in [3.8, 4) is 5.69 Å². The molecule has 1 aromatic carbocycles. The topological polar surface area (TPSA) is 50.5 Å². The molecule has 0 amide bonds. The summed E-state index contributed by atoms with van der Waals surface area (Å²) < 4.78 is 20.5. The number of aliphatic hydroxyl groups is 1. The van der Waals surface area contributed by atoms with Gasteiger partial charge in [-0.1, -0.05) is 6.42 Å². The molecular weight excluding hydrogens is 321 g/mol. The van der Waals surface area contributed by atoms with E-state index in [4.69, 9.17) is 4.74 Å². The SMILES string of the molecule is O[C@@H]1CCC[C@H]1[C@@H]1COCCN1Cc1ccn(-c2ccc(F)cc2)n1. The smallest absolute Gasteiger partial charge is 0.123 e. The van der Waals surface area contributed by atoms with Gasteiger partial charge in [0, 0.05) is 31.2 Å². The first-order valence-electron chi connectivity index (χ1n) is 9.01. The van der Waals surface area contributed by atoms with E-state index in [0.717, 1.165) is 50.3 Å². The molecule has 1 N–H and O–H groups in total. The standard InChI is InChI=1S/C19H24FN3O2/c20-14-4-6-16(7-5-14)23-9-8-15(21-23)12-22-10-11-25-13-18(22)17-2-1-3-19(17)24/h4-9,17-19,24H,1-3,10-13H2/t17-,18-,19+/m0/s1. The second kappa shape index (κ2) is 7.23. The van der Waals surface area contributed by atoms with Crippen LogP contribution in [-0.2, 0) is 11.3 Å². The van der Waals surface area contributed by atoms with Gasteiger partial charge in [-0.25, -0.2) is 9.07 Å². The highest BCUT2D eigenvalue weighted by Crippen LogP contribution is 2.32. The third kappa shape index (κ3) is 3.61. The molecule has 1 aliphatic carbocycles. The number of morpholine rings is 1. The summed E-state index contributed by atoms with van der Waals surface area (Å²) in [4.78, 5) is 2.39. The van der Waals surface area contributed by atoms with Gasteiger partial charge in [-0.15, -0.1) is 0 Å².